The Balaban J connectivity index is 1.72. The number of rotatable bonds is 7. The fourth-order valence-electron chi connectivity index (χ4n) is 2.52. The van der Waals surface area contributed by atoms with Gasteiger partial charge in [0, 0.05) is 21.0 Å². The molecule has 0 saturated carbocycles. The second kappa shape index (κ2) is 8.61. The molecular weight excluding hydrogens is 425 g/mol. The van der Waals surface area contributed by atoms with Crippen LogP contribution in [0.4, 0.5) is 0 Å². The van der Waals surface area contributed by atoms with Crippen LogP contribution in [0, 0.1) is 0 Å². The van der Waals surface area contributed by atoms with Crippen LogP contribution in [0.25, 0.3) is 10.6 Å². The molecule has 3 aromatic rings. The van der Waals surface area contributed by atoms with Gasteiger partial charge in [-0.3, -0.25) is 0 Å². The highest BCUT2D eigenvalue weighted by molar-refractivity contribution is 7.89. The Morgan fingerprint density at radius 1 is 1.07 bits per heavy atom. The topological polar surface area (TPSA) is 56.3 Å². The molecule has 0 spiro atoms. The predicted octanol–water partition coefficient (Wildman–Crippen LogP) is 5.63. The molecule has 3 rings (SSSR count). The summed E-state index contributed by atoms with van der Waals surface area (Å²) in [5, 5.41) is 3.36. The summed E-state index contributed by atoms with van der Waals surface area (Å²) in [6, 6.07) is 12.4. The molecule has 142 valence electrons. The quantitative estimate of drug-likeness (QED) is 0.476. The fraction of sp³-hybridized carbons (Fsp3) is 0.211. The van der Waals surface area contributed by atoms with Crippen LogP contribution in [0.2, 0.25) is 10.0 Å². The highest BCUT2D eigenvalue weighted by Gasteiger charge is 2.18. The van der Waals surface area contributed by atoms with Crippen LogP contribution in [0.5, 0.6) is 5.75 Å². The summed E-state index contributed by atoms with van der Waals surface area (Å²) in [5.41, 5.74) is 1.98. The van der Waals surface area contributed by atoms with Gasteiger partial charge in [-0.05, 0) is 48.9 Å². The average Bonchev–Trinajstić information content (AvgIpc) is 3.06. The standard InChI is InChI=1S/C19H17Cl2NO3S2/c1-2-25-17-7-4-13(5-8-17)19-22-16(10-26-19)12-27(23,24)11-14-3-6-15(20)9-18(14)21/h3-10H,2,11-12H2,1H3. The van der Waals surface area contributed by atoms with Gasteiger partial charge in [0.15, 0.2) is 9.84 Å². The fourth-order valence-corrected chi connectivity index (χ4v) is 5.43. The van der Waals surface area contributed by atoms with Gasteiger partial charge in [-0.25, -0.2) is 13.4 Å². The number of nitrogens with zero attached hydrogens (tertiary/aromatic N) is 1. The molecular formula is C19H17Cl2NO3S2. The van der Waals surface area contributed by atoms with Gasteiger partial charge in [0.05, 0.1) is 23.8 Å². The molecule has 0 aliphatic rings. The van der Waals surface area contributed by atoms with Crippen LogP contribution < -0.4 is 4.74 Å². The van der Waals surface area contributed by atoms with E-state index in [1.807, 2.05) is 31.2 Å². The maximum absolute atomic E-state index is 12.5. The summed E-state index contributed by atoms with van der Waals surface area (Å²) in [6.07, 6.45) is 0. The maximum atomic E-state index is 12.5. The number of benzene rings is 2. The van der Waals surface area contributed by atoms with Crippen molar-refractivity contribution in [2.45, 2.75) is 18.4 Å². The smallest absolute Gasteiger partial charge is 0.160 e. The van der Waals surface area contributed by atoms with Crippen molar-refractivity contribution in [2.24, 2.45) is 0 Å². The van der Waals surface area contributed by atoms with Crippen molar-refractivity contribution >= 4 is 44.4 Å². The minimum absolute atomic E-state index is 0.139. The first kappa shape index (κ1) is 20.1. The third-order valence-corrected chi connectivity index (χ3v) is 6.74. The van der Waals surface area contributed by atoms with Crippen LogP contribution in [0.3, 0.4) is 0 Å². The largest absolute Gasteiger partial charge is 0.494 e. The number of aromatic nitrogens is 1. The van der Waals surface area contributed by atoms with Crippen molar-refractivity contribution in [3.8, 4) is 16.3 Å². The van der Waals surface area contributed by atoms with Crippen molar-refractivity contribution in [3.05, 3.63) is 69.1 Å². The Kier molecular flexibility index (Phi) is 6.42. The molecule has 8 heteroatoms. The van der Waals surface area contributed by atoms with E-state index in [0.29, 0.717) is 27.9 Å². The maximum Gasteiger partial charge on any atom is 0.160 e. The first-order valence-electron chi connectivity index (χ1n) is 8.18. The zero-order valence-electron chi connectivity index (χ0n) is 14.5. The molecule has 1 aromatic heterocycles. The zero-order valence-corrected chi connectivity index (χ0v) is 17.6. The third kappa shape index (κ3) is 5.45. The summed E-state index contributed by atoms with van der Waals surface area (Å²) in [6.45, 7) is 2.54. The number of halogens is 2. The summed E-state index contributed by atoms with van der Waals surface area (Å²) >= 11 is 13.4. The SMILES string of the molecule is CCOc1ccc(-c2nc(CS(=O)(=O)Cc3ccc(Cl)cc3Cl)cs2)cc1. The van der Waals surface area contributed by atoms with E-state index in [0.717, 1.165) is 16.3 Å². The number of hydrogen-bond donors (Lipinski definition) is 0. The van der Waals surface area contributed by atoms with Crippen molar-refractivity contribution < 1.29 is 13.2 Å². The van der Waals surface area contributed by atoms with Crippen LogP contribution in [0.15, 0.2) is 47.8 Å². The zero-order chi connectivity index (χ0) is 19.4. The molecule has 0 N–H and O–H groups in total. The van der Waals surface area contributed by atoms with Crippen molar-refractivity contribution in [1.29, 1.82) is 0 Å². The Morgan fingerprint density at radius 3 is 2.48 bits per heavy atom. The number of hydrogen-bond acceptors (Lipinski definition) is 5. The van der Waals surface area contributed by atoms with E-state index in [4.69, 9.17) is 27.9 Å². The Labute approximate surface area is 172 Å². The predicted molar refractivity (Wildman–Crippen MR) is 112 cm³/mol. The lowest BCUT2D eigenvalue weighted by Crippen LogP contribution is -2.08. The third-order valence-electron chi connectivity index (χ3n) is 3.72. The summed E-state index contributed by atoms with van der Waals surface area (Å²) in [5.74, 6) is 0.499. The number of ether oxygens (including phenoxy) is 1. The first-order chi connectivity index (χ1) is 12.9. The summed E-state index contributed by atoms with van der Waals surface area (Å²) in [7, 11) is -3.41. The minimum atomic E-state index is -3.41. The minimum Gasteiger partial charge on any atom is -0.494 e. The van der Waals surface area contributed by atoms with E-state index >= 15 is 0 Å². The van der Waals surface area contributed by atoms with Gasteiger partial charge in [-0.2, -0.15) is 0 Å². The molecule has 0 bridgehead atoms. The molecule has 0 aliphatic heterocycles. The Bertz CT molecular complexity index is 1030. The van der Waals surface area contributed by atoms with Crippen LogP contribution in [0.1, 0.15) is 18.2 Å². The van der Waals surface area contributed by atoms with Crippen molar-refractivity contribution in [1.82, 2.24) is 4.98 Å². The van der Waals surface area contributed by atoms with Crippen molar-refractivity contribution in [2.75, 3.05) is 6.61 Å². The Hall–Kier alpha value is -1.60. The molecule has 0 saturated heterocycles. The highest BCUT2D eigenvalue weighted by atomic mass is 35.5. The molecule has 0 fully saturated rings. The highest BCUT2D eigenvalue weighted by Crippen LogP contribution is 2.28. The molecule has 0 aliphatic carbocycles. The van der Waals surface area contributed by atoms with Gasteiger partial charge in [0.25, 0.3) is 0 Å². The van der Waals surface area contributed by atoms with E-state index in [1.54, 1.807) is 23.6 Å². The lowest BCUT2D eigenvalue weighted by atomic mass is 10.2. The molecule has 4 nitrogen and oxygen atoms in total. The van der Waals surface area contributed by atoms with Gasteiger partial charge >= 0.3 is 0 Å². The lowest BCUT2D eigenvalue weighted by molar-refractivity contribution is 0.340. The summed E-state index contributed by atoms with van der Waals surface area (Å²) < 4.78 is 30.5. The number of thiazole rings is 1. The van der Waals surface area contributed by atoms with Gasteiger partial charge in [-0.1, -0.05) is 29.3 Å². The molecule has 0 unspecified atom stereocenters. The second-order valence-electron chi connectivity index (χ2n) is 5.87. The second-order valence-corrected chi connectivity index (χ2v) is 9.64. The first-order valence-corrected chi connectivity index (χ1v) is 11.6. The van der Waals surface area contributed by atoms with Crippen LogP contribution in [-0.4, -0.2) is 20.0 Å². The van der Waals surface area contributed by atoms with Gasteiger partial charge in [0.2, 0.25) is 0 Å². The van der Waals surface area contributed by atoms with E-state index in [-0.39, 0.29) is 11.5 Å². The molecule has 2 aromatic carbocycles. The Morgan fingerprint density at radius 2 is 1.81 bits per heavy atom. The van der Waals surface area contributed by atoms with E-state index in [2.05, 4.69) is 4.98 Å². The average molecular weight is 442 g/mol. The van der Waals surface area contributed by atoms with E-state index in [1.165, 1.54) is 11.3 Å². The van der Waals surface area contributed by atoms with Crippen LogP contribution in [-0.2, 0) is 21.3 Å². The summed E-state index contributed by atoms with van der Waals surface area (Å²) in [4.78, 5) is 4.46. The van der Waals surface area contributed by atoms with Gasteiger partial charge < -0.3 is 4.74 Å². The molecule has 27 heavy (non-hydrogen) atoms. The molecule has 0 radical (unpaired) electrons. The monoisotopic (exact) mass is 441 g/mol. The normalized spacial score (nSPS) is 11.5. The lowest BCUT2D eigenvalue weighted by Gasteiger charge is -2.06. The molecule has 0 amide bonds. The van der Waals surface area contributed by atoms with Gasteiger partial charge in [-0.15, -0.1) is 11.3 Å². The van der Waals surface area contributed by atoms with Gasteiger partial charge in [0.1, 0.15) is 10.8 Å². The van der Waals surface area contributed by atoms with Crippen LogP contribution >= 0.6 is 34.5 Å². The van der Waals surface area contributed by atoms with Crippen molar-refractivity contribution in [3.63, 3.8) is 0 Å². The molecule has 0 atom stereocenters. The van der Waals surface area contributed by atoms with E-state index < -0.39 is 9.84 Å². The number of sulfone groups is 1. The van der Waals surface area contributed by atoms with E-state index in [9.17, 15) is 8.42 Å². The molecule has 1 heterocycles.